The Kier molecular flexibility index (Phi) is 5.96. The fourth-order valence-corrected chi connectivity index (χ4v) is 4.51. The number of ether oxygens (including phenoxy) is 1. The van der Waals surface area contributed by atoms with E-state index in [1.807, 2.05) is 53.1 Å². The highest BCUT2D eigenvalue weighted by Gasteiger charge is 2.32. The molecule has 2 amide bonds. The monoisotopic (exact) mass is 472 g/mol. The second kappa shape index (κ2) is 9.36. The fraction of sp³-hybridized carbons (Fsp3) is 0.125. The summed E-state index contributed by atoms with van der Waals surface area (Å²) in [5, 5.41) is 9.28. The molecule has 170 valence electrons. The third kappa shape index (κ3) is 4.23. The van der Waals surface area contributed by atoms with E-state index < -0.39 is 12.0 Å². The Hall–Kier alpha value is -4.18. The number of rotatable bonds is 6. The van der Waals surface area contributed by atoms with E-state index in [0.717, 1.165) is 11.3 Å². The first-order valence-electron chi connectivity index (χ1n) is 10.5. The minimum Gasteiger partial charge on any atom is -0.477 e. The van der Waals surface area contributed by atoms with Gasteiger partial charge in [0.2, 0.25) is 5.91 Å². The van der Waals surface area contributed by atoms with Crippen molar-refractivity contribution in [3.8, 4) is 22.8 Å². The van der Waals surface area contributed by atoms with E-state index in [1.54, 1.807) is 30.6 Å². The summed E-state index contributed by atoms with van der Waals surface area (Å²) in [6.45, 7) is 0.0536. The number of primary amides is 1. The van der Waals surface area contributed by atoms with Crippen LogP contribution in [-0.2, 0) is 9.59 Å². The number of carbonyl (C=O) groups excluding carboxylic acids is 2. The summed E-state index contributed by atoms with van der Waals surface area (Å²) in [4.78, 5) is 30.8. The molecule has 0 saturated carbocycles. The SMILES string of the molecule is NC(=O)[C@H]1CN(C(=O)CSc2nnc(-c3cccnc3)n2-c2ccccc2)c2ccccc2O1. The Morgan fingerprint density at radius 3 is 2.59 bits per heavy atom. The summed E-state index contributed by atoms with van der Waals surface area (Å²) in [5.74, 6) is 0.335. The zero-order valence-corrected chi connectivity index (χ0v) is 18.8. The Bertz CT molecular complexity index is 1330. The van der Waals surface area contributed by atoms with Crippen LogP contribution in [0.15, 0.2) is 84.3 Å². The predicted octanol–water partition coefficient (Wildman–Crippen LogP) is 2.70. The van der Waals surface area contributed by atoms with Crippen molar-refractivity contribution in [2.24, 2.45) is 5.73 Å². The summed E-state index contributed by atoms with van der Waals surface area (Å²) in [7, 11) is 0. The third-order valence-corrected chi connectivity index (χ3v) is 6.20. The number of benzene rings is 2. The van der Waals surface area contributed by atoms with Gasteiger partial charge in [-0.2, -0.15) is 0 Å². The summed E-state index contributed by atoms with van der Waals surface area (Å²) in [5.41, 5.74) is 7.74. The molecule has 0 unspecified atom stereocenters. The third-order valence-electron chi connectivity index (χ3n) is 5.28. The Morgan fingerprint density at radius 2 is 1.82 bits per heavy atom. The van der Waals surface area contributed by atoms with E-state index in [9.17, 15) is 9.59 Å². The van der Waals surface area contributed by atoms with Crippen LogP contribution in [0.4, 0.5) is 5.69 Å². The van der Waals surface area contributed by atoms with Gasteiger partial charge in [0, 0.05) is 23.6 Å². The number of hydrogen-bond acceptors (Lipinski definition) is 7. The number of carbonyl (C=O) groups is 2. The number of amides is 2. The van der Waals surface area contributed by atoms with Crippen LogP contribution >= 0.6 is 11.8 Å². The molecule has 2 N–H and O–H groups in total. The number of nitrogens with two attached hydrogens (primary N) is 1. The van der Waals surface area contributed by atoms with Crippen molar-refractivity contribution >= 4 is 29.3 Å². The lowest BCUT2D eigenvalue weighted by atomic mass is 10.2. The van der Waals surface area contributed by atoms with Gasteiger partial charge < -0.3 is 15.4 Å². The predicted molar refractivity (Wildman–Crippen MR) is 128 cm³/mol. The quantitative estimate of drug-likeness (QED) is 0.429. The smallest absolute Gasteiger partial charge is 0.260 e. The zero-order chi connectivity index (χ0) is 23.5. The van der Waals surface area contributed by atoms with Gasteiger partial charge in [-0.15, -0.1) is 10.2 Å². The highest BCUT2D eigenvalue weighted by Crippen LogP contribution is 2.34. The standard InChI is InChI=1S/C24H20N6O3S/c25-22(32)20-14-29(18-10-4-5-11-19(18)33-20)21(31)15-34-24-28-27-23(16-7-6-12-26-13-16)30(24)17-8-2-1-3-9-17/h1-13,20H,14-15H2,(H2,25,32)/t20-/m1/s1. The Balaban J connectivity index is 1.43. The molecule has 0 radical (unpaired) electrons. The van der Waals surface area contributed by atoms with Crippen molar-refractivity contribution in [1.82, 2.24) is 19.7 Å². The molecular formula is C24H20N6O3S. The van der Waals surface area contributed by atoms with Crippen molar-refractivity contribution in [2.45, 2.75) is 11.3 Å². The Morgan fingerprint density at radius 1 is 1.03 bits per heavy atom. The van der Waals surface area contributed by atoms with Crippen molar-refractivity contribution < 1.29 is 14.3 Å². The van der Waals surface area contributed by atoms with E-state index in [1.165, 1.54) is 16.7 Å². The first-order chi connectivity index (χ1) is 16.6. The van der Waals surface area contributed by atoms with Gasteiger partial charge in [0.05, 0.1) is 18.0 Å². The van der Waals surface area contributed by atoms with E-state index >= 15 is 0 Å². The molecule has 0 saturated heterocycles. The van der Waals surface area contributed by atoms with Gasteiger partial charge >= 0.3 is 0 Å². The molecule has 0 fully saturated rings. The fourth-order valence-electron chi connectivity index (χ4n) is 3.68. The van der Waals surface area contributed by atoms with Crippen molar-refractivity contribution in [3.63, 3.8) is 0 Å². The number of aromatic nitrogens is 4. The first kappa shape index (κ1) is 21.7. The minimum atomic E-state index is -0.908. The first-order valence-corrected chi connectivity index (χ1v) is 11.5. The number of anilines is 1. The molecule has 1 atom stereocenters. The average molecular weight is 473 g/mol. The van der Waals surface area contributed by atoms with Crippen LogP contribution in [0, 0.1) is 0 Å². The average Bonchev–Trinajstić information content (AvgIpc) is 3.31. The molecule has 2 aromatic heterocycles. The van der Waals surface area contributed by atoms with Gasteiger partial charge in [0.1, 0.15) is 5.75 Å². The maximum absolute atomic E-state index is 13.3. The van der Waals surface area contributed by atoms with Gasteiger partial charge in [-0.1, -0.05) is 42.1 Å². The van der Waals surface area contributed by atoms with Crippen molar-refractivity contribution in [3.05, 3.63) is 79.1 Å². The zero-order valence-electron chi connectivity index (χ0n) is 17.9. The number of para-hydroxylation sites is 3. The molecule has 34 heavy (non-hydrogen) atoms. The topological polar surface area (TPSA) is 116 Å². The normalized spacial score (nSPS) is 14.8. The lowest BCUT2D eigenvalue weighted by Gasteiger charge is -2.33. The van der Waals surface area contributed by atoms with Gasteiger partial charge in [-0.3, -0.25) is 19.1 Å². The maximum atomic E-state index is 13.3. The van der Waals surface area contributed by atoms with Crippen LogP contribution in [0.5, 0.6) is 5.75 Å². The molecule has 4 aromatic rings. The molecule has 5 rings (SSSR count). The highest BCUT2D eigenvalue weighted by molar-refractivity contribution is 7.99. The van der Waals surface area contributed by atoms with E-state index in [2.05, 4.69) is 15.2 Å². The van der Waals surface area contributed by atoms with Crippen LogP contribution in [0.1, 0.15) is 0 Å². The summed E-state index contributed by atoms with van der Waals surface area (Å²) >= 11 is 1.26. The molecular weight excluding hydrogens is 452 g/mol. The molecule has 1 aliphatic heterocycles. The van der Waals surface area contributed by atoms with Gasteiger partial charge in [0.15, 0.2) is 17.1 Å². The van der Waals surface area contributed by atoms with Gasteiger partial charge in [-0.25, -0.2) is 0 Å². The molecule has 10 heteroatoms. The number of thioether (sulfide) groups is 1. The van der Waals surface area contributed by atoms with Gasteiger partial charge in [0.25, 0.3) is 5.91 Å². The number of nitrogens with zero attached hydrogens (tertiary/aromatic N) is 5. The number of fused-ring (bicyclic) bond motifs is 1. The largest absolute Gasteiger partial charge is 0.477 e. The van der Waals surface area contributed by atoms with Crippen LogP contribution in [0.3, 0.4) is 0 Å². The molecule has 2 aromatic carbocycles. The summed E-state index contributed by atoms with van der Waals surface area (Å²) < 4.78 is 7.56. The lowest BCUT2D eigenvalue weighted by molar-refractivity contribution is -0.125. The lowest BCUT2D eigenvalue weighted by Crippen LogP contribution is -2.49. The van der Waals surface area contributed by atoms with Crippen molar-refractivity contribution in [1.29, 1.82) is 0 Å². The van der Waals surface area contributed by atoms with Crippen LogP contribution in [0.25, 0.3) is 17.1 Å². The molecule has 0 bridgehead atoms. The molecule has 9 nitrogen and oxygen atoms in total. The van der Waals surface area contributed by atoms with Crippen molar-refractivity contribution in [2.75, 3.05) is 17.2 Å². The molecule has 3 heterocycles. The Labute approximate surface area is 199 Å². The van der Waals surface area contributed by atoms with E-state index in [4.69, 9.17) is 10.5 Å². The summed E-state index contributed by atoms with van der Waals surface area (Å²) in [6.07, 6.45) is 2.51. The number of pyridine rings is 1. The van der Waals surface area contributed by atoms with Crippen LogP contribution in [0.2, 0.25) is 0 Å². The highest BCUT2D eigenvalue weighted by atomic mass is 32.2. The van der Waals surface area contributed by atoms with E-state index in [-0.39, 0.29) is 18.2 Å². The van der Waals surface area contributed by atoms with Crippen LogP contribution < -0.4 is 15.4 Å². The second-order valence-corrected chi connectivity index (χ2v) is 8.43. The maximum Gasteiger partial charge on any atom is 0.260 e. The number of hydrogen-bond donors (Lipinski definition) is 1. The molecule has 0 spiro atoms. The molecule has 0 aliphatic carbocycles. The van der Waals surface area contributed by atoms with Gasteiger partial charge in [-0.05, 0) is 36.4 Å². The van der Waals surface area contributed by atoms with Crippen LogP contribution in [-0.4, -0.2) is 50.0 Å². The minimum absolute atomic E-state index is 0.0536. The molecule has 1 aliphatic rings. The second-order valence-electron chi connectivity index (χ2n) is 7.49. The van der Waals surface area contributed by atoms with E-state index in [0.29, 0.717) is 22.4 Å². The summed E-state index contributed by atoms with van der Waals surface area (Å²) in [6, 6.07) is 20.5.